The molecule has 0 saturated carbocycles. The van der Waals surface area contributed by atoms with Gasteiger partial charge in [-0.05, 0) is 96.3 Å². The highest BCUT2D eigenvalue weighted by molar-refractivity contribution is 7.47. The van der Waals surface area contributed by atoms with Gasteiger partial charge in [-0.2, -0.15) is 0 Å². The largest absolute Gasteiger partial charge is 0.472 e. The Bertz CT molecular complexity index is 1850. The van der Waals surface area contributed by atoms with Crippen LogP contribution in [0.1, 0.15) is 322 Å². The minimum absolute atomic E-state index is 0.0301. The predicted molar refractivity (Wildman–Crippen MR) is 381 cm³/mol. The van der Waals surface area contributed by atoms with E-state index in [-0.39, 0.29) is 32.0 Å². The first kappa shape index (κ1) is 84.7. The minimum Gasteiger partial charge on any atom is -0.462 e. The summed E-state index contributed by atoms with van der Waals surface area (Å²) in [4.78, 5) is 35.9. The van der Waals surface area contributed by atoms with E-state index >= 15 is 0 Å². The third-order valence-corrected chi connectivity index (χ3v) is 16.8. The van der Waals surface area contributed by atoms with E-state index in [9.17, 15) is 19.0 Å². The van der Waals surface area contributed by atoms with E-state index in [1.54, 1.807) is 0 Å². The second-order valence-electron chi connectivity index (χ2n) is 25.6. The molecule has 0 aromatic carbocycles. The molecule has 1 N–H and O–H groups in total. The van der Waals surface area contributed by atoms with E-state index in [1.807, 2.05) is 21.1 Å². The van der Waals surface area contributed by atoms with Crippen LogP contribution >= 0.6 is 7.82 Å². The van der Waals surface area contributed by atoms with Gasteiger partial charge in [-0.25, -0.2) is 4.57 Å². The molecule has 0 radical (unpaired) electrons. The number of hydrogen-bond donors (Lipinski definition) is 1. The zero-order valence-corrected chi connectivity index (χ0v) is 58.8. The number of rotatable bonds is 67. The van der Waals surface area contributed by atoms with Crippen LogP contribution in [0.4, 0.5) is 0 Å². The Kier molecular flexibility index (Phi) is 65.5. The summed E-state index contributed by atoms with van der Waals surface area (Å²) in [6, 6.07) is 0. The molecule has 0 spiro atoms. The van der Waals surface area contributed by atoms with E-state index in [1.165, 1.54) is 199 Å². The molecule has 2 unspecified atom stereocenters. The zero-order valence-electron chi connectivity index (χ0n) is 57.9. The lowest BCUT2D eigenvalue weighted by Gasteiger charge is -2.24. The average molecular weight is 1250 g/mol. The summed E-state index contributed by atoms with van der Waals surface area (Å²) in [5.74, 6) is -0.786. The van der Waals surface area contributed by atoms with Gasteiger partial charge in [-0.1, -0.05) is 322 Å². The topological polar surface area (TPSA) is 108 Å². The molecule has 0 rings (SSSR count). The molecule has 0 aromatic heterocycles. The Labute approximate surface area is 544 Å². The first-order valence-electron chi connectivity index (χ1n) is 36.6. The smallest absolute Gasteiger partial charge is 0.462 e. The molecular formula is C78H139NO8P+. The maximum absolute atomic E-state index is 12.9. The van der Waals surface area contributed by atoms with Crippen LogP contribution in [0.25, 0.3) is 0 Å². The van der Waals surface area contributed by atoms with Crippen LogP contribution in [0.15, 0.2) is 109 Å². The second kappa shape index (κ2) is 68.0. The SMILES string of the molecule is CC/C=C\C/C=C\C/C=C\C/C=C\C/C=C\CCCCCCCCCCCCCCCCCCCC(=O)OC(COC(=O)CCCCCCCCCCCCCCCCCCCC/C=C\C/C=C\C/C=C\C/C=C\CC)COP(=O)(O)OCC[N+](C)(C)C. The average Bonchev–Trinajstić information content (AvgIpc) is 3.56. The molecule has 0 heterocycles. The summed E-state index contributed by atoms with van der Waals surface area (Å²) in [6.45, 7) is 4.25. The minimum atomic E-state index is -4.40. The van der Waals surface area contributed by atoms with Crippen molar-refractivity contribution < 1.29 is 42.1 Å². The van der Waals surface area contributed by atoms with Gasteiger partial charge in [0.2, 0.25) is 0 Å². The molecule has 2 atom stereocenters. The van der Waals surface area contributed by atoms with E-state index in [2.05, 4.69) is 123 Å². The molecule has 0 aliphatic carbocycles. The van der Waals surface area contributed by atoms with Crippen molar-refractivity contribution in [2.45, 2.75) is 328 Å². The third-order valence-electron chi connectivity index (χ3n) is 15.8. The number of nitrogens with zero attached hydrogens (tertiary/aromatic N) is 1. The quantitative estimate of drug-likeness (QED) is 0.0211. The summed E-state index contributed by atoms with van der Waals surface area (Å²) in [7, 11) is 1.48. The maximum Gasteiger partial charge on any atom is 0.472 e. The van der Waals surface area contributed by atoms with Crippen LogP contribution in [-0.2, 0) is 32.7 Å². The number of carbonyl (C=O) groups is 2. The highest BCUT2D eigenvalue weighted by atomic mass is 31.2. The normalized spacial score (nSPS) is 13.8. The number of esters is 2. The first-order chi connectivity index (χ1) is 43.0. The van der Waals surface area contributed by atoms with Gasteiger partial charge in [0.25, 0.3) is 0 Å². The number of hydrogen-bond acceptors (Lipinski definition) is 7. The number of quaternary nitrogens is 1. The maximum atomic E-state index is 12.9. The van der Waals surface area contributed by atoms with Crippen LogP contribution in [0.5, 0.6) is 0 Å². The molecule has 0 aromatic rings. The molecule has 9 nitrogen and oxygen atoms in total. The van der Waals surface area contributed by atoms with Crippen LogP contribution in [0, 0.1) is 0 Å². The summed E-state index contributed by atoms with van der Waals surface area (Å²) in [6.07, 6.45) is 96.3. The molecule has 0 aliphatic heterocycles. The molecule has 0 bridgehead atoms. The van der Waals surface area contributed by atoms with Crippen molar-refractivity contribution in [2.24, 2.45) is 0 Å². The lowest BCUT2D eigenvalue weighted by Crippen LogP contribution is -2.37. The highest BCUT2D eigenvalue weighted by Crippen LogP contribution is 2.43. The zero-order chi connectivity index (χ0) is 64.1. The number of likely N-dealkylation sites (N-methyl/N-ethyl adjacent to an activating group) is 1. The lowest BCUT2D eigenvalue weighted by atomic mass is 10.0. The van der Waals surface area contributed by atoms with Gasteiger partial charge in [-0.15, -0.1) is 0 Å². The van der Waals surface area contributed by atoms with Crippen molar-refractivity contribution in [1.29, 1.82) is 0 Å². The van der Waals surface area contributed by atoms with Crippen molar-refractivity contribution in [3.63, 3.8) is 0 Å². The van der Waals surface area contributed by atoms with Gasteiger partial charge in [-0.3, -0.25) is 18.6 Å². The Morgan fingerprint density at radius 2 is 0.614 bits per heavy atom. The van der Waals surface area contributed by atoms with Crippen LogP contribution in [0.2, 0.25) is 0 Å². The summed E-state index contributed by atoms with van der Waals surface area (Å²) >= 11 is 0. The van der Waals surface area contributed by atoms with E-state index in [4.69, 9.17) is 18.5 Å². The third kappa shape index (κ3) is 71.7. The fourth-order valence-corrected chi connectivity index (χ4v) is 11.0. The second-order valence-corrected chi connectivity index (χ2v) is 27.0. The molecule has 10 heteroatoms. The fourth-order valence-electron chi connectivity index (χ4n) is 10.3. The highest BCUT2D eigenvalue weighted by Gasteiger charge is 2.27. The van der Waals surface area contributed by atoms with Crippen molar-refractivity contribution in [1.82, 2.24) is 0 Å². The molecule has 88 heavy (non-hydrogen) atoms. The molecule has 0 saturated heterocycles. The summed E-state index contributed by atoms with van der Waals surface area (Å²) in [5, 5.41) is 0. The molecule has 0 aliphatic rings. The van der Waals surface area contributed by atoms with Crippen LogP contribution in [-0.4, -0.2) is 74.9 Å². The van der Waals surface area contributed by atoms with E-state index in [0.717, 1.165) is 89.9 Å². The number of ether oxygens (including phenoxy) is 2. The van der Waals surface area contributed by atoms with Gasteiger partial charge in [0.15, 0.2) is 6.10 Å². The standard InChI is InChI=1S/C78H138NO8P/c1-6-8-10-12-14-16-18-20-22-24-26-28-30-32-34-36-38-39-41-43-45-47-49-51-53-55-57-59-61-63-65-67-69-71-78(81)87-76(75-86-88(82,83)85-73-72-79(3,4)5)74-84-77(80)70-68-66-64-62-60-58-56-54-52-50-48-46-44-42-40-37-35-33-31-29-27-25-23-21-19-17-15-13-11-9-7-2/h8-11,14-17,20-23,26-29,32,34,76H,6-7,12-13,18-19,24-25,30-31,33,35-75H2,1-5H3/p+1/b10-8-,11-9-,16-14-,17-15-,22-20-,23-21-,28-26-,29-27-,34-32-. The van der Waals surface area contributed by atoms with Gasteiger partial charge in [0.05, 0.1) is 27.7 Å². The first-order valence-corrected chi connectivity index (χ1v) is 38.1. The van der Waals surface area contributed by atoms with Crippen molar-refractivity contribution in [3.05, 3.63) is 109 Å². The Morgan fingerprint density at radius 3 is 0.909 bits per heavy atom. The van der Waals surface area contributed by atoms with Gasteiger partial charge >= 0.3 is 19.8 Å². The monoisotopic (exact) mass is 1250 g/mol. The number of carbonyl (C=O) groups excluding carboxylic acids is 2. The number of phosphoric acid groups is 1. The van der Waals surface area contributed by atoms with E-state index < -0.39 is 26.5 Å². The predicted octanol–water partition coefficient (Wildman–Crippen LogP) is 24.1. The lowest BCUT2D eigenvalue weighted by molar-refractivity contribution is -0.870. The van der Waals surface area contributed by atoms with Crippen LogP contribution in [0.3, 0.4) is 0 Å². The summed E-state index contributed by atoms with van der Waals surface area (Å²) in [5.41, 5.74) is 0. The van der Waals surface area contributed by atoms with Crippen molar-refractivity contribution >= 4 is 19.8 Å². The Hall–Kier alpha value is -3.33. The van der Waals surface area contributed by atoms with Gasteiger partial charge < -0.3 is 18.9 Å². The molecular weight excluding hydrogens is 1110 g/mol. The number of phosphoric ester groups is 1. The molecule has 0 fully saturated rings. The van der Waals surface area contributed by atoms with Crippen molar-refractivity contribution in [2.75, 3.05) is 47.5 Å². The Morgan fingerprint density at radius 1 is 0.352 bits per heavy atom. The van der Waals surface area contributed by atoms with E-state index in [0.29, 0.717) is 17.4 Å². The van der Waals surface area contributed by atoms with Gasteiger partial charge in [0, 0.05) is 12.8 Å². The number of unbranched alkanes of at least 4 members (excludes halogenated alkanes) is 35. The molecule has 0 amide bonds. The van der Waals surface area contributed by atoms with Crippen LogP contribution < -0.4 is 0 Å². The summed E-state index contributed by atoms with van der Waals surface area (Å²) < 4.78 is 34.8. The number of allylic oxidation sites excluding steroid dienone is 18. The van der Waals surface area contributed by atoms with Gasteiger partial charge in [0.1, 0.15) is 19.8 Å². The Balaban J connectivity index is 4.00. The van der Waals surface area contributed by atoms with Crippen molar-refractivity contribution in [3.8, 4) is 0 Å². The fraction of sp³-hybridized carbons (Fsp3) is 0.744. The molecule has 508 valence electrons.